The summed E-state index contributed by atoms with van der Waals surface area (Å²) in [4.78, 5) is 21.3. The van der Waals surface area contributed by atoms with Crippen LogP contribution in [0, 0.1) is 0 Å². The van der Waals surface area contributed by atoms with Gasteiger partial charge in [-0.05, 0) is 37.3 Å². The van der Waals surface area contributed by atoms with Crippen LogP contribution in [0.1, 0.15) is 17.3 Å². The largest absolute Gasteiger partial charge is 0.462 e. The van der Waals surface area contributed by atoms with Crippen molar-refractivity contribution >= 4 is 28.5 Å². The third kappa shape index (κ3) is 3.29. The molecule has 4 aromatic rings. The van der Waals surface area contributed by atoms with Crippen molar-refractivity contribution in [1.82, 2.24) is 14.5 Å². The number of imidazole rings is 1. The number of esters is 1. The molecule has 0 aliphatic rings. The number of aromatic nitrogens is 3. The molecule has 0 radical (unpaired) electrons. The molecule has 0 saturated heterocycles. The Morgan fingerprint density at radius 3 is 2.81 bits per heavy atom. The van der Waals surface area contributed by atoms with Gasteiger partial charge in [0.25, 0.3) is 0 Å². The topological polar surface area (TPSA) is 57.0 Å². The predicted molar refractivity (Wildman–Crippen MR) is 105 cm³/mol. The van der Waals surface area contributed by atoms with Gasteiger partial charge in [-0.3, -0.25) is 0 Å². The third-order valence-corrected chi connectivity index (χ3v) is 4.47. The van der Waals surface area contributed by atoms with Crippen LogP contribution in [-0.2, 0) is 4.74 Å². The van der Waals surface area contributed by atoms with E-state index >= 15 is 0 Å². The molecule has 0 bridgehead atoms. The van der Waals surface area contributed by atoms with Crippen molar-refractivity contribution in [2.24, 2.45) is 0 Å². The zero-order valence-corrected chi connectivity index (χ0v) is 15.3. The van der Waals surface area contributed by atoms with E-state index in [2.05, 4.69) is 4.98 Å². The minimum absolute atomic E-state index is 0.314. The van der Waals surface area contributed by atoms with Gasteiger partial charge in [0.05, 0.1) is 35.4 Å². The second-order valence-corrected chi connectivity index (χ2v) is 6.36. The maximum Gasteiger partial charge on any atom is 0.338 e. The van der Waals surface area contributed by atoms with Gasteiger partial charge in [-0.15, -0.1) is 0 Å². The third-order valence-electron chi connectivity index (χ3n) is 4.23. The Hall–Kier alpha value is -3.18. The summed E-state index contributed by atoms with van der Waals surface area (Å²) in [7, 11) is 0. The standard InChI is InChI=1S/C21H16ClN3O2/c1-2-27-21(26)16-6-4-3-5-15(16)19-12-20(25-10-9-23-13-25)17-8-7-14(22)11-18(17)24-19/h3-13H,2H2,1H3. The summed E-state index contributed by atoms with van der Waals surface area (Å²) in [6, 6.07) is 14.8. The highest BCUT2D eigenvalue weighted by Gasteiger charge is 2.16. The molecule has 0 saturated carbocycles. The van der Waals surface area contributed by atoms with Crippen molar-refractivity contribution in [2.45, 2.75) is 6.92 Å². The molecule has 0 aliphatic heterocycles. The highest BCUT2D eigenvalue weighted by atomic mass is 35.5. The Bertz CT molecular complexity index is 1120. The summed E-state index contributed by atoms with van der Waals surface area (Å²) in [5.74, 6) is -0.370. The summed E-state index contributed by atoms with van der Waals surface area (Å²) in [5, 5.41) is 1.54. The molecule has 2 aromatic carbocycles. The van der Waals surface area contributed by atoms with Crippen LogP contribution >= 0.6 is 11.6 Å². The van der Waals surface area contributed by atoms with E-state index in [4.69, 9.17) is 21.3 Å². The summed E-state index contributed by atoms with van der Waals surface area (Å²) >= 11 is 6.18. The average molecular weight is 378 g/mol. The average Bonchev–Trinajstić information content (AvgIpc) is 3.21. The molecule has 5 nitrogen and oxygen atoms in total. The SMILES string of the molecule is CCOC(=O)c1ccccc1-c1cc(-n2ccnc2)c2ccc(Cl)cc2n1. The Morgan fingerprint density at radius 1 is 1.19 bits per heavy atom. The highest BCUT2D eigenvalue weighted by Crippen LogP contribution is 2.30. The van der Waals surface area contributed by atoms with Gasteiger partial charge in [0.2, 0.25) is 0 Å². The van der Waals surface area contributed by atoms with Crippen LogP contribution in [0.15, 0.2) is 67.3 Å². The second-order valence-electron chi connectivity index (χ2n) is 5.92. The van der Waals surface area contributed by atoms with E-state index in [1.807, 2.05) is 53.2 Å². The lowest BCUT2D eigenvalue weighted by Gasteiger charge is -2.13. The van der Waals surface area contributed by atoms with Crippen molar-refractivity contribution in [3.05, 3.63) is 77.8 Å². The van der Waals surface area contributed by atoms with E-state index in [0.29, 0.717) is 28.5 Å². The summed E-state index contributed by atoms with van der Waals surface area (Å²) < 4.78 is 7.11. The normalized spacial score (nSPS) is 10.9. The summed E-state index contributed by atoms with van der Waals surface area (Å²) in [5.41, 5.74) is 3.49. The molecule has 0 aliphatic carbocycles. The fraction of sp³-hybridized carbons (Fsp3) is 0.0952. The number of pyridine rings is 1. The Balaban J connectivity index is 1.98. The highest BCUT2D eigenvalue weighted by molar-refractivity contribution is 6.31. The molecular formula is C21H16ClN3O2. The number of carbonyl (C=O) groups excluding carboxylic acids is 1. The van der Waals surface area contributed by atoms with Gasteiger partial charge < -0.3 is 9.30 Å². The monoisotopic (exact) mass is 377 g/mol. The second kappa shape index (κ2) is 7.21. The molecule has 0 spiro atoms. The van der Waals surface area contributed by atoms with Crippen LogP contribution < -0.4 is 0 Å². The fourth-order valence-corrected chi connectivity index (χ4v) is 3.20. The first-order valence-corrected chi connectivity index (χ1v) is 8.90. The number of fused-ring (bicyclic) bond motifs is 1. The lowest BCUT2D eigenvalue weighted by molar-refractivity contribution is 0.0527. The molecule has 0 atom stereocenters. The molecule has 27 heavy (non-hydrogen) atoms. The number of benzene rings is 2. The molecule has 134 valence electrons. The zero-order chi connectivity index (χ0) is 18.8. The minimum atomic E-state index is -0.370. The van der Waals surface area contributed by atoms with Crippen molar-refractivity contribution < 1.29 is 9.53 Å². The van der Waals surface area contributed by atoms with Gasteiger partial charge in [0.15, 0.2) is 0 Å². The van der Waals surface area contributed by atoms with E-state index in [1.165, 1.54) is 0 Å². The van der Waals surface area contributed by atoms with Crippen LogP contribution in [0.2, 0.25) is 5.02 Å². The molecule has 6 heteroatoms. The number of nitrogens with zero attached hydrogens (tertiary/aromatic N) is 3. The lowest BCUT2D eigenvalue weighted by Crippen LogP contribution is -2.07. The van der Waals surface area contributed by atoms with E-state index in [1.54, 1.807) is 25.5 Å². The fourth-order valence-electron chi connectivity index (χ4n) is 3.03. The van der Waals surface area contributed by atoms with E-state index in [9.17, 15) is 4.79 Å². The van der Waals surface area contributed by atoms with Crippen molar-refractivity contribution in [3.8, 4) is 16.9 Å². The molecule has 0 fully saturated rings. The van der Waals surface area contributed by atoms with Gasteiger partial charge >= 0.3 is 5.97 Å². The van der Waals surface area contributed by atoms with Crippen LogP contribution in [-0.4, -0.2) is 27.1 Å². The smallest absolute Gasteiger partial charge is 0.338 e. The minimum Gasteiger partial charge on any atom is -0.462 e. The first-order chi connectivity index (χ1) is 13.2. The summed E-state index contributed by atoms with van der Waals surface area (Å²) in [6.45, 7) is 2.10. The van der Waals surface area contributed by atoms with Crippen molar-refractivity contribution in [2.75, 3.05) is 6.61 Å². The van der Waals surface area contributed by atoms with Gasteiger partial charge in [-0.2, -0.15) is 0 Å². The predicted octanol–water partition coefficient (Wildman–Crippen LogP) is 4.92. The molecule has 2 heterocycles. The van der Waals surface area contributed by atoms with Gasteiger partial charge in [-0.1, -0.05) is 29.8 Å². The molecule has 0 amide bonds. The molecule has 0 unspecified atom stereocenters. The molecular weight excluding hydrogens is 362 g/mol. The Labute approximate surface area is 161 Å². The van der Waals surface area contributed by atoms with Crippen molar-refractivity contribution in [3.63, 3.8) is 0 Å². The number of hydrogen-bond acceptors (Lipinski definition) is 4. The van der Waals surface area contributed by atoms with E-state index in [0.717, 1.165) is 16.6 Å². The molecule has 2 aromatic heterocycles. The van der Waals surface area contributed by atoms with Gasteiger partial charge in [0.1, 0.15) is 0 Å². The van der Waals surface area contributed by atoms with Crippen LogP contribution in [0.25, 0.3) is 27.8 Å². The zero-order valence-electron chi connectivity index (χ0n) is 14.6. The Kier molecular flexibility index (Phi) is 4.60. The molecule has 4 rings (SSSR count). The van der Waals surface area contributed by atoms with Crippen LogP contribution in [0.3, 0.4) is 0 Å². The lowest BCUT2D eigenvalue weighted by atomic mass is 10.0. The Morgan fingerprint density at radius 2 is 2.04 bits per heavy atom. The van der Waals surface area contributed by atoms with Crippen LogP contribution in [0.4, 0.5) is 0 Å². The van der Waals surface area contributed by atoms with Gasteiger partial charge in [-0.25, -0.2) is 14.8 Å². The van der Waals surface area contributed by atoms with Crippen LogP contribution in [0.5, 0.6) is 0 Å². The molecule has 0 N–H and O–H groups in total. The number of halogens is 1. The first-order valence-electron chi connectivity index (χ1n) is 8.52. The maximum atomic E-state index is 12.4. The van der Waals surface area contributed by atoms with Gasteiger partial charge in [0, 0.05) is 28.4 Å². The number of carbonyl (C=O) groups is 1. The first kappa shape index (κ1) is 17.2. The van der Waals surface area contributed by atoms with Crippen molar-refractivity contribution in [1.29, 1.82) is 0 Å². The number of ether oxygens (including phenoxy) is 1. The number of hydrogen-bond donors (Lipinski definition) is 0. The summed E-state index contributed by atoms with van der Waals surface area (Å²) in [6.07, 6.45) is 5.31. The van der Waals surface area contributed by atoms with E-state index in [-0.39, 0.29) is 5.97 Å². The number of rotatable bonds is 4. The van der Waals surface area contributed by atoms with E-state index < -0.39 is 0 Å². The maximum absolute atomic E-state index is 12.4. The quantitative estimate of drug-likeness (QED) is 0.474.